The molecule has 0 radical (unpaired) electrons. The zero-order chi connectivity index (χ0) is 17.6. The molecule has 1 N–H and O–H groups in total. The van der Waals surface area contributed by atoms with E-state index in [0.717, 1.165) is 31.9 Å². The first kappa shape index (κ1) is 18.0. The highest BCUT2D eigenvalue weighted by atomic mass is 16.5. The first-order chi connectivity index (χ1) is 12.2. The van der Waals surface area contributed by atoms with Crippen LogP contribution in [-0.4, -0.2) is 38.2 Å². The number of ether oxygens (including phenoxy) is 1. The normalized spacial score (nSPS) is 17.3. The molecule has 2 aromatic rings. The van der Waals surface area contributed by atoms with Crippen molar-refractivity contribution in [3.05, 3.63) is 65.2 Å². The summed E-state index contributed by atoms with van der Waals surface area (Å²) in [6, 6.07) is 18.0. The lowest BCUT2D eigenvalue weighted by molar-refractivity contribution is 0.241. The lowest BCUT2D eigenvalue weighted by Crippen LogP contribution is -2.33. The van der Waals surface area contributed by atoms with Gasteiger partial charge >= 0.3 is 0 Å². The molecule has 2 aromatic carbocycles. The Morgan fingerprint density at radius 1 is 0.840 bits per heavy atom. The third-order valence-electron chi connectivity index (χ3n) is 5.09. The minimum Gasteiger partial charge on any atom is -0.497 e. The highest BCUT2D eigenvalue weighted by molar-refractivity contribution is 5.37. The van der Waals surface area contributed by atoms with Crippen LogP contribution in [0.25, 0.3) is 0 Å². The van der Waals surface area contributed by atoms with E-state index < -0.39 is 0 Å². The van der Waals surface area contributed by atoms with Gasteiger partial charge < -0.3 is 10.1 Å². The molecular weight excluding hydrogens is 308 g/mol. The van der Waals surface area contributed by atoms with Gasteiger partial charge in [-0.3, -0.25) is 4.90 Å². The molecular formula is C22H30N2O. The van der Waals surface area contributed by atoms with E-state index in [0.29, 0.717) is 12.0 Å². The molecule has 0 amide bonds. The molecule has 0 spiro atoms. The quantitative estimate of drug-likeness (QED) is 0.884. The fourth-order valence-corrected chi connectivity index (χ4v) is 3.59. The summed E-state index contributed by atoms with van der Waals surface area (Å²) >= 11 is 0. The van der Waals surface area contributed by atoms with Gasteiger partial charge in [0.05, 0.1) is 13.2 Å². The molecule has 0 bridgehead atoms. The average Bonchev–Trinajstić information content (AvgIpc) is 2.92. The standard InChI is InChI=1S/C22H30N2O/c1-17(2)18-5-7-19(8-6-18)22(24-15-4-13-23-14-16-24)20-9-11-21(25-3)12-10-20/h5-12,17,22-23H,4,13-16H2,1-3H3. The van der Waals surface area contributed by atoms with Crippen LogP contribution < -0.4 is 10.1 Å². The van der Waals surface area contributed by atoms with Gasteiger partial charge in [-0.25, -0.2) is 0 Å². The minimum absolute atomic E-state index is 0.298. The molecule has 1 aliphatic heterocycles. The molecule has 3 rings (SSSR count). The Kier molecular flexibility index (Phi) is 6.11. The Morgan fingerprint density at radius 2 is 1.44 bits per heavy atom. The molecule has 25 heavy (non-hydrogen) atoms. The molecule has 1 unspecified atom stereocenters. The molecule has 1 heterocycles. The van der Waals surface area contributed by atoms with Gasteiger partial charge in [-0.2, -0.15) is 0 Å². The first-order valence-electron chi connectivity index (χ1n) is 9.37. The largest absolute Gasteiger partial charge is 0.497 e. The summed E-state index contributed by atoms with van der Waals surface area (Å²) in [5, 5.41) is 3.52. The van der Waals surface area contributed by atoms with E-state index in [1.54, 1.807) is 7.11 Å². The second-order valence-electron chi connectivity index (χ2n) is 7.14. The Bertz CT molecular complexity index is 641. The second kappa shape index (κ2) is 8.50. The van der Waals surface area contributed by atoms with E-state index in [1.165, 1.54) is 23.1 Å². The van der Waals surface area contributed by atoms with Crippen molar-refractivity contribution in [1.82, 2.24) is 10.2 Å². The Hall–Kier alpha value is -1.84. The van der Waals surface area contributed by atoms with E-state index >= 15 is 0 Å². The van der Waals surface area contributed by atoms with Gasteiger partial charge in [0.1, 0.15) is 5.75 Å². The van der Waals surface area contributed by atoms with Crippen LogP contribution in [-0.2, 0) is 0 Å². The third-order valence-corrected chi connectivity index (χ3v) is 5.09. The van der Waals surface area contributed by atoms with Crippen molar-refractivity contribution in [2.75, 3.05) is 33.3 Å². The summed E-state index contributed by atoms with van der Waals surface area (Å²) in [4.78, 5) is 2.60. The predicted octanol–water partition coefficient (Wildman–Crippen LogP) is 4.20. The Balaban J connectivity index is 1.94. The van der Waals surface area contributed by atoms with Crippen LogP contribution in [0.1, 0.15) is 48.9 Å². The van der Waals surface area contributed by atoms with Crippen LogP contribution in [0.15, 0.2) is 48.5 Å². The maximum Gasteiger partial charge on any atom is 0.118 e. The zero-order valence-electron chi connectivity index (χ0n) is 15.7. The Morgan fingerprint density at radius 3 is 2.04 bits per heavy atom. The number of benzene rings is 2. The van der Waals surface area contributed by atoms with E-state index in [-0.39, 0.29) is 0 Å². The van der Waals surface area contributed by atoms with Crippen LogP contribution in [0, 0.1) is 0 Å². The van der Waals surface area contributed by atoms with Gasteiger partial charge in [0.2, 0.25) is 0 Å². The van der Waals surface area contributed by atoms with Crippen LogP contribution in [0.5, 0.6) is 5.75 Å². The van der Waals surface area contributed by atoms with Crippen LogP contribution in [0.2, 0.25) is 0 Å². The van der Waals surface area contributed by atoms with Crippen molar-refractivity contribution in [1.29, 1.82) is 0 Å². The van der Waals surface area contributed by atoms with Gasteiger partial charge in [-0.1, -0.05) is 50.2 Å². The van der Waals surface area contributed by atoms with Crippen molar-refractivity contribution < 1.29 is 4.74 Å². The molecule has 3 heteroatoms. The van der Waals surface area contributed by atoms with E-state index in [4.69, 9.17) is 4.74 Å². The summed E-state index contributed by atoms with van der Waals surface area (Å²) in [5.74, 6) is 1.48. The summed E-state index contributed by atoms with van der Waals surface area (Å²) in [5.41, 5.74) is 4.10. The number of hydrogen-bond donors (Lipinski definition) is 1. The monoisotopic (exact) mass is 338 g/mol. The molecule has 1 fully saturated rings. The second-order valence-corrected chi connectivity index (χ2v) is 7.14. The first-order valence-corrected chi connectivity index (χ1v) is 9.37. The zero-order valence-corrected chi connectivity index (χ0v) is 15.7. The van der Waals surface area contributed by atoms with Gasteiger partial charge in [-0.05, 0) is 47.7 Å². The maximum atomic E-state index is 5.34. The van der Waals surface area contributed by atoms with Gasteiger partial charge in [0.15, 0.2) is 0 Å². The Labute approximate surface area is 152 Å². The topological polar surface area (TPSA) is 24.5 Å². The van der Waals surface area contributed by atoms with E-state index in [1.807, 2.05) is 0 Å². The smallest absolute Gasteiger partial charge is 0.118 e. The lowest BCUT2D eigenvalue weighted by Gasteiger charge is -2.31. The van der Waals surface area contributed by atoms with Crippen LogP contribution >= 0.6 is 0 Å². The van der Waals surface area contributed by atoms with E-state index in [9.17, 15) is 0 Å². The number of methoxy groups -OCH3 is 1. The molecule has 0 aliphatic carbocycles. The predicted molar refractivity (Wildman–Crippen MR) is 104 cm³/mol. The van der Waals surface area contributed by atoms with Crippen molar-refractivity contribution in [2.45, 2.75) is 32.2 Å². The van der Waals surface area contributed by atoms with Crippen molar-refractivity contribution in [2.24, 2.45) is 0 Å². The minimum atomic E-state index is 0.298. The van der Waals surface area contributed by atoms with Crippen LogP contribution in [0.4, 0.5) is 0 Å². The molecule has 134 valence electrons. The van der Waals surface area contributed by atoms with E-state index in [2.05, 4.69) is 72.6 Å². The summed E-state index contributed by atoms with van der Waals surface area (Å²) in [6.45, 7) is 8.85. The van der Waals surface area contributed by atoms with Gasteiger partial charge in [0, 0.05) is 19.6 Å². The highest BCUT2D eigenvalue weighted by Gasteiger charge is 2.23. The fraction of sp³-hybridized carbons (Fsp3) is 0.455. The number of hydrogen-bond acceptors (Lipinski definition) is 3. The van der Waals surface area contributed by atoms with Crippen LogP contribution in [0.3, 0.4) is 0 Å². The van der Waals surface area contributed by atoms with Gasteiger partial charge in [-0.15, -0.1) is 0 Å². The molecule has 1 saturated heterocycles. The summed E-state index contributed by atoms with van der Waals surface area (Å²) in [7, 11) is 1.72. The molecule has 1 atom stereocenters. The average molecular weight is 338 g/mol. The molecule has 3 nitrogen and oxygen atoms in total. The van der Waals surface area contributed by atoms with Gasteiger partial charge in [0.25, 0.3) is 0 Å². The maximum absolute atomic E-state index is 5.34. The number of nitrogens with one attached hydrogen (secondary N) is 1. The van der Waals surface area contributed by atoms with Crippen molar-refractivity contribution in [3.8, 4) is 5.75 Å². The van der Waals surface area contributed by atoms with Crippen molar-refractivity contribution >= 4 is 0 Å². The SMILES string of the molecule is COc1ccc(C(c2ccc(C(C)C)cc2)N2CCCNCC2)cc1. The molecule has 0 saturated carbocycles. The molecule has 1 aliphatic rings. The summed E-state index contributed by atoms with van der Waals surface area (Å²) in [6.07, 6.45) is 1.19. The number of rotatable bonds is 5. The summed E-state index contributed by atoms with van der Waals surface area (Å²) < 4.78 is 5.34. The fourth-order valence-electron chi connectivity index (χ4n) is 3.59. The lowest BCUT2D eigenvalue weighted by atomic mass is 9.94. The molecule has 0 aromatic heterocycles. The number of nitrogens with zero attached hydrogens (tertiary/aromatic N) is 1. The van der Waals surface area contributed by atoms with Crippen molar-refractivity contribution in [3.63, 3.8) is 0 Å². The highest BCUT2D eigenvalue weighted by Crippen LogP contribution is 2.31. The third kappa shape index (κ3) is 4.42.